The van der Waals surface area contributed by atoms with E-state index in [1.54, 1.807) is 48.5 Å². The zero-order chi connectivity index (χ0) is 21.3. The van der Waals surface area contributed by atoms with Gasteiger partial charge in [0.15, 0.2) is 5.15 Å². The summed E-state index contributed by atoms with van der Waals surface area (Å²) >= 11 is 6.27. The molecule has 2 aromatic heterocycles. The average molecular weight is 418 g/mol. The third-order valence-electron chi connectivity index (χ3n) is 4.89. The van der Waals surface area contributed by atoms with Crippen molar-refractivity contribution in [3.05, 3.63) is 48.0 Å². The zero-order valence-corrected chi connectivity index (χ0v) is 17.5. The topological polar surface area (TPSA) is 91.6 Å². The van der Waals surface area contributed by atoms with Crippen molar-refractivity contribution in [3.8, 4) is 5.69 Å². The Hall–Kier alpha value is -2.87. The van der Waals surface area contributed by atoms with Crippen LogP contribution in [0, 0.1) is 5.92 Å². The molecule has 0 saturated heterocycles. The SMILES string of the molecule is CN(C(=O)[C@H]1C=C[C@@H](N(C(=O)O)C(C)(C)C)C1)c1cn(-c2cccnc2)nc1Cl. The standard InChI is InChI=1S/C20H24ClN5O3/c1-20(2,3)26(19(28)29)14-8-7-13(10-14)18(27)24(4)16-12-25(23-17(16)21)15-6-5-9-22-11-15/h5-9,11-14H,10H2,1-4H3,(H,28,29)/t13-,14+/m0/s1. The molecule has 1 aliphatic carbocycles. The van der Waals surface area contributed by atoms with E-state index in [9.17, 15) is 14.7 Å². The Kier molecular flexibility index (Phi) is 5.66. The molecule has 1 N–H and O–H groups in total. The first kappa shape index (κ1) is 20.9. The van der Waals surface area contributed by atoms with Crippen LogP contribution in [0.2, 0.25) is 5.15 Å². The lowest BCUT2D eigenvalue weighted by Crippen LogP contribution is -2.50. The Bertz CT molecular complexity index is 935. The summed E-state index contributed by atoms with van der Waals surface area (Å²) in [7, 11) is 1.64. The monoisotopic (exact) mass is 417 g/mol. The molecule has 0 bridgehead atoms. The van der Waals surface area contributed by atoms with E-state index in [1.165, 1.54) is 9.80 Å². The second-order valence-corrected chi connectivity index (χ2v) is 8.33. The number of anilines is 1. The van der Waals surface area contributed by atoms with Gasteiger partial charge in [0.25, 0.3) is 0 Å². The van der Waals surface area contributed by atoms with Crippen molar-refractivity contribution in [2.24, 2.45) is 5.92 Å². The maximum absolute atomic E-state index is 13.0. The number of aromatic nitrogens is 3. The Morgan fingerprint density at radius 1 is 1.31 bits per heavy atom. The fourth-order valence-electron chi connectivity index (χ4n) is 3.54. The zero-order valence-electron chi connectivity index (χ0n) is 16.8. The lowest BCUT2D eigenvalue weighted by molar-refractivity contribution is -0.121. The number of halogens is 1. The minimum atomic E-state index is -1.01. The van der Waals surface area contributed by atoms with Gasteiger partial charge in [-0.25, -0.2) is 9.48 Å². The molecule has 0 aromatic carbocycles. The van der Waals surface area contributed by atoms with Gasteiger partial charge in [-0.15, -0.1) is 0 Å². The number of carbonyl (C=O) groups excluding carboxylic acids is 1. The van der Waals surface area contributed by atoms with Gasteiger partial charge in [0, 0.05) is 18.8 Å². The summed E-state index contributed by atoms with van der Waals surface area (Å²) in [5.74, 6) is -0.609. The van der Waals surface area contributed by atoms with Gasteiger partial charge in [-0.1, -0.05) is 23.8 Å². The van der Waals surface area contributed by atoms with Crippen molar-refractivity contribution >= 4 is 29.3 Å². The molecular weight excluding hydrogens is 394 g/mol. The number of nitrogens with zero attached hydrogens (tertiary/aromatic N) is 5. The van der Waals surface area contributed by atoms with E-state index in [0.717, 1.165) is 5.69 Å². The van der Waals surface area contributed by atoms with Gasteiger partial charge in [0.2, 0.25) is 5.91 Å². The first-order valence-corrected chi connectivity index (χ1v) is 9.61. The smallest absolute Gasteiger partial charge is 0.408 e. The van der Waals surface area contributed by atoms with Crippen LogP contribution in [0.3, 0.4) is 0 Å². The van der Waals surface area contributed by atoms with Crippen LogP contribution >= 0.6 is 11.6 Å². The molecule has 3 rings (SSSR count). The number of carbonyl (C=O) groups is 2. The lowest BCUT2D eigenvalue weighted by Gasteiger charge is -2.37. The molecule has 0 fully saturated rings. The van der Waals surface area contributed by atoms with Gasteiger partial charge in [-0.05, 0) is 39.3 Å². The maximum atomic E-state index is 13.0. The lowest BCUT2D eigenvalue weighted by atomic mass is 10.0. The molecule has 2 amide bonds. The Morgan fingerprint density at radius 3 is 2.62 bits per heavy atom. The van der Waals surface area contributed by atoms with Crippen molar-refractivity contribution < 1.29 is 14.7 Å². The summed E-state index contributed by atoms with van der Waals surface area (Å²) in [6, 6.07) is 3.26. The average Bonchev–Trinajstić information content (AvgIpc) is 3.27. The van der Waals surface area contributed by atoms with Crippen LogP contribution in [-0.2, 0) is 4.79 Å². The highest BCUT2D eigenvalue weighted by Crippen LogP contribution is 2.32. The third-order valence-corrected chi connectivity index (χ3v) is 5.16. The van der Waals surface area contributed by atoms with Crippen molar-refractivity contribution in [2.75, 3.05) is 11.9 Å². The number of rotatable bonds is 4. The molecular formula is C20H24ClN5O3. The van der Waals surface area contributed by atoms with E-state index < -0.39 is 17.6 Å². The van der Waals surface area contributed by atoms with E-state index >= 15 is 0 Å². The third kappa shape index (κ3) is 4.27. The summed E-state index contributed by atoms with van der Waals surface area (Å²) in [6.45, 7) is 5.51. The van der Waals surface area contributed by atoms with Crippen molar-refractivity contribution in [3.63, 3.8) is 0 Å². The molecule has 2 atom stereocenters. The van der Waals surface area contributed by atoms with Crippen molar-refractivity contribution in [2.45, 2.75) is 38.8 Å². The summed E-state index contributed by atoms with van der Waals surface area (Å²) in [5, 5.41) is 14.0. The van der Waals surface area contributed by atoms with Gasteiger partial charge < -0.3 is 10.0 Å². The molecule has 2 aromatic rings. The normalized spacial score (nSPS) is 18.7. The summed E-state index contributed by atoms with van der Waals surface area (Å²) in [5.41, 5.74) is 0.631. The van der Waals surface area contributed by atoms with Crippen LogP contribution in [0.1, 0.15) is 27.2 Å². The predicted molar refractivity (Wildman–Crippen MR) is 110 cm³/mol. The highest BCUT2D eigenvalue weighted by molar-refractivity contribution is 6.32. The molecule has 9 heteroatoms. The first-order valence-electron chi connectivity index (χ1n) is 9.23. The van der Waals surface area contributed by atoms with Crippen LogP contribution in [0.25, 0.3) is 5.69 Å². The van der Waals surface area contributed by atoms with Gasteiger partial charge in [-0.2, -0.15) is 5.10 Å². The maximum Gasteiger partial charge on any atom is 0.408 e. The van der Waals surface area contributed by atoms with Crippen LogP contribution in [0.4, 0.5) is 10.5 Å². The van der Waals surface area contributed by atoms with E-state index in [-0.39, 0.29) is 17.1 Å². The summed E-state index contributed by atoms with van der Waals surface area (Å²) < 4.78 is 1.56. The van der Waals surface area contributed by atoms with Crippen LogP contribution in [0.15, 0.2) is 42.9 Å². The minimum absolute atomic E-state index is 0.171. The van der Waals surface area contributed by atoms with Crippen molar-refractivity contribution in [1.29, 1.82) is 0 Å². The van der Waals surface area contributed by atoms with Crippen LogP contribution in [-0.4, -0.2) is 55.4 Å². The quantitative estimate of drug-likeness (QED) is 0.767. The second kappa shape index (κ2) is 7.87. The fraction of sp³-hybridized carbons (Fsp3) is 0.400. The molecule has 0 aliphatic heterocycles. The van der Waals surface area contributed by atoms with Gasteiger partial charge >= 0.3 is 6.09 Å². The van der Waals surface area contributed by atoms with E-state index in [0.29, 0.717) is 12.1 Å². The molecule has 0 spiro atoms. The Balaban J connectivity index is 1.76. The van der Waals surface area contributed by atoms with Crippen LogP contribution in [0.5, 0.6) is 0 Å². The highest BCUT2D eigenvalue weighted by Gasteiger charge is 2.38. The highest BCUT2D eigenvalue weighted by atomic mass is 35.5. The Morgan fingerprint density at radius 2 is 2.03 bits per heavy atom. The number of pyridine rings is 1. The molecule has 8 nitrogen and oxygen atoms in total. The first-order chi connectivity index (χ1) is 13.6. The summed E-state index contributed by atoms with van der Waals surface area (Å²) in [6.07, 6.45) is 7.92. The molecule has 1 aliphatic rings. The van der Waals surface area contributed by atoms with Gasteiger partial charge in [-0.3, -0.25) is 14.7 Å². The van der Waals surface area contributed by atoms with Crippen molar-refractivity contribution in [1.82, 2.24) is 19.7 Å². The molecule has 0 radical (unpaired) electrons. The second-order valence-electron chi connectivity index (χ2n) is 7.98. The van der Waals surface area contributed by atoms with Gasteiger partial charge in [0.1, 0.15) is 5.69 Å². The largest absolute Gasteiger partial charge is 0.465 e. The van der Waals surface area contributed by atoms with E-state index in [1.807, 2.05) is 26.8 Å². The number of hydrogen-bond acceptors (Lipinski definition) is 4. The minimum Gasteiger partial charge on any atom is -0.465 e. The van der Waals surface area contributed by atoms with Gasteiger partial charge in [0.05, 0.1) is 30.0 Å². The van der Waals surface area contributed by atoms with E-state index in [4.69, 9.17) is 11.6 Å². The number of hydrogen-bond donors (Lipinski definition) is 1. The van der Waals surface area contributed by atoms with E-state index in [2.05, 4.69) is 10.1 Å². The summed E-state index contributed by atoms with van der Waals surface area (Å²) in [4.78, 5) is 31.6. The van der Waals surface area contributed by atoms with Crippen LogP contribution < -0.4 is 4.90 Å². The molecule has 154 valence electrons. The number of amides is 2. The Labute approximate surface area is 174 Å². The molecule has 2 heterocycles. The molecule has 0 saturated carbocycles. The molecule has 0 unspecified atom stereocenters. The molecule has 29 heavy (non-hydrogen) atoms. The predicted octanol–water partition coefficient (Wildman–Crippen LogP) is 3.61. The number of carboxylic acid groups (broad SMARTS) is 1. The fourth-order valence-corrected chi connectivity index (χ4v) is 3.80.